The summed E-state index contributed by atoms with van der Waals surface area (Å²) in [5.74, 6) is 0. The van der Waals surface area contributed by atoms with E-state index in [1.54, 1.807) is 5.56 Å². The van der Waals surface area contributed by atoms with Crippen molar-refractivity contribution >= 4 is 17.1 Å². The van der Waals surface area contributed by atoms with Crippen LogP contribution in [0.3, 0.4) is 0 Å². The molecule has 7 aromatic carbocycles. The Morgan fingerprint density at radius 1 is 0.411 bits per heavy atom. The van der Waals surface area contributed by atoms with E-state index < -0.39 is 0 Å². The van der Waals surface area contributed by atoms with Gasteiger partial charge in [-0.15, -0.1) is 0 Å². The maximum Gasteiger partial charge on any atom is 0.0461 e. The number of rotatable bonds is 7. The van der Waals surface area contributed by atoms with Crippen LogP contribution in [0.25, 0.3) is 22.3 Å². The monoisotopic (exact) mass is 723 g/mol. The first-order valence-electron chi connectivity index (χ1n) is 20.8. The van der Waals surface area contributed by atoms with E-state index in [0.717, 1.165) is 30.6 Å². The van der Waals surface area contributed by atoms with E-state index in [9.17, 15) is 0 Å². The highest BCUT2D eigenvalue weighted by Crippen LogP contribution is 2.63. The van der Waals surface area contributed by atoms with E-state index in [-0.39, 0.29) is 21.7 Å². The van der Waals surface area contributed by atoms with Gasteiger partial charge in [0.25, 0.3) is 0 Å². The topological polar surface area (TPSA) is 3.24 Å². The zero-order chi connectivity index (χ0) is 38.2. The summed E-state index contributed by atoms with van der Waals surface area (Å²) in [5.41, 5.74) is 24.1. The molecule has 0 aliphatic heterocycles. The van der Waals surface area contributed by atoms with E-state index in [1.165, 1.54) is 78.0 Å². The first kappa shape index (κ1) is 33.7. The van der Waals surface area contributed by atoms with Crippen LogP contribution in [-0.4, -0.2) is 0 Å². The Morgan fingerprint density at radius 2 is 0.929 bits per heavy atom. The van der Waals surface area contributed by atoms with Gasteiger partial charge in [-0.3, -0.25) is 0 Å². The fourth-order valence-corrected chi connectivity index (χ4v) is 11.6. The summed E-state index contributed by atoms with van der Waals surface area (Å²) in [6, 6.07) is 57.6. The molecule has 274 valence electrons. The molecule has 0 heterocycles. The number of para-hydroxylation sites is 2. The zero-order valence-electron chi connectivity index (χ0n) is 33.5. The molecule has 0 N–H and O–H groups in total. The van der Waals surface area contributed by atoms with Crippen molar-refractivity contribution in [2.75, 3.05) is 4.90 Å². The Hall–Kier alpha value is -5.66. The third-order valence-corrected chi connectivity index (χ3v) is 14.8. The number of nitrogens with zero attached hydrogens (tertiary/aromatic N) is 1. The molecule has 2 unspecified atom stereocenters. The molecule has 0 radical (unpaired) electrons. The second kappa shape index (κ2) is 11.5. The number of hydrogen-bond donors (Lipinski definition) is 0. The van der Waals surface area contributed by atoms with Crippen LogP contribution in [0.1, 0.15) is 110 Å². The standard InChI is InChI=1S/C55H49N/c1-7-54(37-25-28-42-41-21-15-16-22-45(41)52(3,4)47(42)30-37)34-35-29-43-44-31-50-51(33-49(44)53(5,6)48(43)32-46(35)54)55(50,8-2)36-23-26-40(27-24-36)56(38-17-11-9-12-18-38)39-19-13-10-14-20-39/h9-33H,7-8,34H2,1-6H3. The first-order chi connectivity index (χ1) is 27.1. The summed E-state index contributed by atoms with van der Waals surface area (Å²) >= 11 is 0. The lowest BCUT2D eigenvalue weighted by atomic mass is 9.57. The lowest BCUT2D eigenvalue weighted by Crippen LogP contribution is -2.40. The molecule has 0 spiro atoms. The molecular weight excluding hydrogens is 675 g/mol. The fraction of sp³-hybridized carbons (Fsp3) is 0.236. The van der Waals surface area contributed by atoms with Crippen LogP contribution in [0.15, 0.2) is 152 Å². The minimum atomic E-state index is -0.0663. The van der Waals surface area contributed by atoms with Crippen molar-refractivity contribution in [2.45, 2.75) is 82.5 Å². The highest BCUT2D eigenvalue weighted by molar-refractivity contribution is 5.88. The highest BCUT2D eigenvalue weighted by Gasteiger charge is 2.53. The molecule has 0 saturated heterocycles. The fourth-order valence-electron chi connectivity index (χ4n) is 11.6. The summed E-state index contributed by atoms with van der Waals surface area (Å²) in [5, 5.41) is 0. The van der Waals surface area contributed by atoms with Gasteiger partial charge in [-0.2, -0.15) is 0 Å². The van der Waals surface area contributed by atoms with Crippen molar-refractivity contribution < 1.29 is 0 Å². The summed E-state index contributed by atoms with van der Waals surface area (Å²) in [6.07, 6.45) is 3.27. The predicted molar refractivity (Wildman–Crippen MR) is 234 cm³/mol. The first-order valence-corrected chi connectivity index (χ1v) is 20.8. The minimum Gasteiger partial charge on any atom is -0.311 e. The number of anilines is 3. The largest absolute Gasteiger partial charge is 0.311 e. The Bertz CT molecular complexity index is 2690. The van der Waals surface area contributed by atoms with Crippen molar-refractivity contribution in [1.82, 2.24) is 0 Å². The molecule has 4 aliphatic rings. The van der Waals surface area contributed by atoms with E-state index in [2.05, 4.69) is 198 Å². The normalized spacial score (nSPS) is 20.8. The van der Waals surface area contributed by atoms with Crippen molar-refractivity contribution in [3.63, 3.8) is 0 Å². The van der Waals surface area contributed by atoms with Gasteiger partial charge >= 0.3 is 0 Å². The molecule has 0 saturated carbocycles. The Balaban J connectivity index is 0.945. The average Bonchev–Trinajstić information content (AvgIpc) is 3.74. The van der Waals surface area contributed by atoms with Crippen molar-refractivity contribution in [1.29, 1.82) is 0 Å². The molecule has 1 nitrogen and oxygen atoms in total. The molecule has 2 atom stereocenters. The second-order valence-electron chi connectivity index (χ2n) is 18.0. The SMILES string of the molecule is CCC1(c2ccc3c(c2)C(C)(C)c2ccccc2-3)Cc2cc3c(cc21)C(C)(C)c1cc2c(cc1-3)C2(CC)c1ccc(N(c2ccccc2)c2ccccc2)cc1. The molecule has 0 bridgehead atoms. The van der Waals surface area contributed by atoms with Crippen LogP contribution in [0.5, 0.6) is 0 Å². The van der Waals surface area contributed by atoms with Gasteiger partial charge in [0.2, 0.25) is 0 Å². The maximum atomic E-state index is 2.63. The molecule has 4 aliphatic carbocycles. The van der Waals surface area contributed by atoms with Crippen molar-refractivity contribution in [2.24, 2.45) is 0 Å². The van der Waals surface area contributed by atoms with Gasteiger partial charge in [0.05, 0.1) is 0 Å². The van der Waals surface area contributed by atoms with Crippen LogP contribution in [-0.2, 0) is 28.1 Å². The lowest BCUT2D eigenvalue weighted by Gasteiger charge is -2.46. The van der Waals surface area contributed by atoms with Crippen LogP contribution in [0.2, 0.25) is 0 Å². The predicted octanol–water partition coefficient (Wildman–Crippen LogP) is 14.1. The van der Waals surface area contributed by atoms with Gasteiger partial charge < -0.3 is 4.90 Å². The van der Waals surface area contributed by atoms with Crippen LogP contribution in [0.4, 0.5) is 17.1 Å². The molecule has 0 amide bonds. The number of fused-ring (bicyclic) bond motifs is 8. The molecule has 11 rings (SSSR count). The highest BCUT2D eigenvalue weighted by atomic mass is 15.1. The third kappa shape index (κ3) is 4.27. The number of hydrogen-bond acceptors (Lipinski definition) is 1. The Kier molecular flexibility index (Phi) is 6.88. The molecule has 7 aromatic rings. The van der Waals surface area contributed by atoms with Crippen LogP contribution >= 0.6 is 0 Å². The van der Waals surface area contributed by atoms with Gasteiger partial charge in [0.15, 0.2) is 0 Å². The summed E-state index contributed by atoms with van der Waals surface area (Å²) in [4.78, 5) is 2.35. The maximum absolute atomic E-state index is 2.63. The van der Waals surface area contributed by atoms with Crippen molar-refractivity contribution in [3.8, 4) is 22.3 Å². The summed E-state index contributed by atoms with van der Waals surface area (Å²) in [6.45, 7) is 14.5. The third-order valence-electron chi connectivity index (χ3n) is 14.8. The minimum absolute atomic E-state index is 0.00854. The van der Waals surface area contributed by atoms with E-state index >= 15 is 0 Å². The molecule has 0 aromatic heterocycles. The van der Waals surface area contributed by atoms with E-state index in [0.29, 0.717) is 0 Å². The van der Waals surface area contributed by atoms with Crippen LogP contribution < -0.4 is 4.90 Å². The zero-order valence-corrected chi connectivity index (χ0v) is 33.5. The van der Waals surface area contributed by atoms with Gasteiger partial charge in [0.1, 0.15) is 0 Å². The quantitative estimate of drug-likeness (QED) is 0.158. The van der Waals surface area contributed by atoms with Gasteiger partial charge in [-0.05, 0) is 140 Å². The summed E-state index contributed by atoms with van der Waals surface area (Å²) in [7, 11) is 0. The van der Waals surface area contributed by atoms with Crippen molar-refractivity contribution in [3.05, 3.63) is 207 Å². The van der Waals surface area contributed by atoms with Crippen LogP contribution in [0, 0.1) is 0 Å². The Labute approximate surface area is 332 Å². The second-order valence-corrected chi connectivity index (χ2v) is 18.0. The average molecular weight is 724 g/mol. The van der Waals surface area contributed by atoms with Gasteiger partial charge in [-0.1, -0.05) is 151 Å². The molecule has 1 heteroatoms. The molecule has 56 heavy (non-hydrogen) atoms. The lowest BCUT2D eigenvalue weighted by molar-refractivity contribution is 0.430. The van der Waals surface area contributed by atoms with Gasteiger partial charge in [-0.25, -0.2) is 0 Å². The molecular formula is C55H49N. The number of benzene rings is 7. The van der Waals surface area contributed by atoms with Gasteiger partial charge in [0, 0.05) is 38.7 Å². The smallest absolute Gasteiger partial charge is 0.0461 e. The van der Waals surface area contributed by atoms with E-state index in [4.69, 9.17) is 0 Å². The molecule has 0 fully saturated rings. The van der Waals surface area contributed by atoms with E-state index in [1.807, 2.05) is 0 Å². The summed E-state index contributed by atoms with van der Waals surface area (Å²) < 4.78 is 0. The Morgan fingerprint density at radius 3 is 1.59 bits per heavy atom.